The van der Waals surface area contributed by atoms with Gasteiger partial charge < -0.3 is 5.32 Å². The molecule has 1 amide bonds. The molecule has 0 unspecified atom stereocenters. The number of hydrogen-bond donors (Lipinski definition) is 1. The Balaban J connectivity index is 2.38. The van der Waals surface area contributed by atoms with Crippen LogP contribution < -0.4 is 5.32 Å². The quantitative estimate of drug-likeness (QED) is 0.680. The number of nitrogens with one attached hydrogen (secondary N) is 1. The lowest BCUT2D eigenvalue weighted by Crippen LogP contribution is -2.12. The number of carbonyl (C=O) groups is 1. The van der Waals surface area contributed by atoms with Crippen LogP contribution in [0.25, 0.3) is 11.1 Å². The van der Waals surface area contributed by atoms with Crippen LogP contribution in [0.2, 0.25) is 0 Å². The molecule has 0 aliphatic heterocycles. The topological polar surface area (TPSA) is 29.1 Å². The van der Waals surface area contributed by atoms with Crippen molar-refractivity contribution in [3.8, 4) is 23.5 Å². The first-order valence-electron chi connectivity index (χ1n) is 5.76. The Kier molecular flexibility index (Phi) is 4.38. The molecule has 94 valence electrons. The van der Waals surface area contributed by atoms with E-state index in [-0.39, 0.29) is 11.2 Å². The Hall–Kier alpha value is -2.05. The second-order valence-electron chi connectivity index (χ2n) is 3.95. The summed E-state index contributed by atoms with van der Waals surface area (Å²) in [5.74, 6) is 2.59. The van der Waals surface area contributed by atoms with E-state index < -0.39 is 0 Å². The van der Waals surface area contributed by atoms with Gasteiger partial charge in [0, 0.05) is 11.3 Å². The first-order chi connectivity index (χ1) is 9.24. The second-order valence-corrected chi connectivity index (χ2v) is 4.51. The number of alkyl halides is 1. The minimum absolute atomic E-state index is 0.0811. The maximum atomic E-state index is 11.4. The molecule has 0 bridgehead atoms. The van der Waals surface area contributed by atoms with E-state index >= 15 is 0 Å². The summed E-state index contributed by atoms with van der Waals surface area (Å²) in [4.78, 5) is 11.4. The molecule has 2 aromatic rings. The number of halogens is 1. The first kappa shape index (κ1) is 13.4. The van der Waals surface area contributed by atoms with E-state index in [4.69, 9.17) is 6.42 Å². The van der Waals surface area contributed by atoms with Crippen molar-refractivity contribution < 1.29 is 4.79 Å². The van der Waals surface area contributed by atoms with Gasteiger partial charge in [-0.25, -0.2) is 0 Å². The van der Waals surface area contributed by atoms with Crippen LogP contribution in [-0.2, 0) is 4.79 Å². The number of terminal acetylenes is 1. The summed E-state index contributed by atoms with van der Waals surface area (Å²) in [5, 5.41) is 3.08. The van der Waals surface area contributed by atoms with Crippen molar-refractivity contribution >= 4 is 27.5 Å². The van der Waals surface area contributed by atoms with Gasteiger partial charge in [-0.05, 0) is 29.3 Å². The molecule has 0 radical (unpaired) electrons. The summed E-state index contributed by atoms with van der Waals surface area (Å²) in [5.41, 5.74) is 3.57. The Labute approximate surface area is 121 Å². The molecule has 3 heteroatoms. The van der Waals surface area contributed by atoms with E-state index in [1.165, 1.54) is 0 Å². The van der Waals surface area contributed by atoms with Gasteiger partial charge in [-0.3, -0.25) is 4.79 Å². The molecule has 0 aliphatic rings. The van der Waals surface area contributed by atoms with Gasteiger partial charge in [0.1, 0.15) is 0 Å². The van der Waals surface area contributed by atoms with Crippen LogP contribution in [0.1, 0.15) is 5.56 Å². The lowest BCUT2D eigenvalue weighted by Gasteiger charge is -2.08. The first-order valence-corrected chi connectivity index (χ1v) is 6.88. The van der Waals surface area contributed by atoms with Gasteiger partial charge in [0.25, 0.3) is 0 Å². The summed E-state index contributed by atoms with van der Waals surface area (Å²) < 4.78 is 0. The molecule has 0 aromatic heterocycles. The third-order valence-corrected chi connectivity index (χ3v) is 3.17. The highest BCUT2D eigenvalue weighted by molar-refractivity contribution is 9.09. The summed E-state index contributed by atoms with van der Waals surface area (Å²) >= 11 is 3.12. The van der Waals surface area contributed by atoms with Crippen molar-refractivity contribution in [2.24, 2.45) is 0 Å². The van der Waals surface area contributed by atoms with Crippen LogP contribution >= 0.6 is 15.9 Å². The van der Waals surface area contributed by atoms with E-state index in [0.717, 1.165) is 22.4 Å². The molecule has 0 saturated heterocycles. The highest BCUT2D eigenvalue weighted by atomic mass is 79.9. The third kappa shape index (κ3) is 3.24. The SMILES string of the molecule is C#Cc1ccccc1-c1cccc(NC(=O)CBr)c1. The van der Waals surface area contributed by atoms with Gasteiger partial charge in [-0.15, -0.1) is 6.42 Å². The van der Waals surface area contributed by atoms with Gasteiger partial charge in [-0.1, -0.05) is 52.2 Å². The summed E-state index contributed by atoms with van der Waals surface area (Å²) in [6, 6.07) is 15.4. The van der Waals surface area contributed by atoms with Crippen LogP contribution in [0.15, 0.2) is 48.5 Å². The Bertz CT molecular complexity index is 643. The van der Waals surface area contributed by atoms with Gasteiger partial charge in [0.05, 0.1) is 5.33 Å². The Morgan fingerprint density at radius 1 is 1.21 bits per heavy atom. The second kappa shape index (κ2) is 6.21. The molecular weight excluding hydrogens is 302 g/mol. The van der Waals surface area contributed by atoms with Gasteiger partial charge in [0.15, 0.2) is 0 Å². The fraction of sp³-hybridized carbons (Fsp3) is 0.0625. The summed E-state index contributed by atoms with van der Waals surface area (Å²) in [7, 11) is 0. The number of benzene rings is 2. The average molecular weight is 314 g/mol. The molecule has 0 spiro atoms. The minimum atomic E-state index is -0.0811. The van der Waals surface area contributed by atoms with Crippen molar-refractivity contribution in [2.45, 2.75) is 0 Å². The van der Waals surface area contributed by atoms with Crippen molar-refractivity contribution in [1.82, 2.24) is 0 Å². The van der Waals surface area contributed by atoms with Crippen LogP contribution in [0, 0.1) is 12.3 Å². The van der Waals surface area contributed by atoms with E-state index in [1.54, 1.807) is 0 Å². The Morgan fingerprint density at radius 3 is 2.74 bits per heavy atom. The molecule has 2 aromatic carbocycles. The predicted molar refractivity (Wildman–Crippen MR) is 82.2 cm³/mol. The van der Waals surface area contributed by atoms with Crippen LogP contribution in [0.3, 0.4) is 0 Å². The number of amides is 1. The number of carbonyl (C=O) groups excluding carboxylic acids is 1. The van der Waals surface area contributed by atoms with Crippen molar-refractivity contribution in [3.05, 3.63) is 54.1 Å². The average Bonchev–Trinajstić information content (AvgIpc) is 2.47. The molecule has 0 saturated carbocycles. The monoisotopic (exact) mass is 313 g/mol. The van der Waals surface area contributed by atoms with E-state index in [9.17, 15) is 4.79 Å². The molecular formula is C16H12BrNO. The molecule has 1 N–H and O–H groups in total. The zero-order chi connectivity index (χ0) is 13.7. The van der Waals surface area contributed by atoms with Crippen LogP contribution in [0.4, 0.5) is 5.69 Å². The molecule has 2 rings (SSSR count). The van der Waals surface area contributed by atoms with Gasteiger partial charge >= 0.3 is 0 Å². The molecule has 19 heavy (non-hydrogen) atoms. The maximum Gasteiger partial charge on any atom is 0.235 e. The fourth-order valence-corrected chi connectivity index (χ4v) is 1.96. The molecule has 0 fully saturated rings. The molecule has 0 aliphatic carbocycles. The third-order valence-electron chi connectivity index (χ3n) is 2.66. The van der Waals surface area contributed by atoms with Crippen molar-refractivity contribution in [3.63, 3.8) is 0 Å². The van der Waals surface area contributed by atoms with E-state index in [0.29, 0.717) is 0 Å². The summed E-state index contributed by atoms with van der Waals surface area (Å²) in [6.45, 7) is 0. The molecule has 0 heterocycles. The zero-order valence-electron chi connectivity index (χ0n) is 10.2. The predicted octanol–water partition coefficient (Wildman–Crippen LogP) is 3.67. The normalized spacial score (nSPS) is 9.68. The highest BCUT2D eigenvalue weighted by Gasteiger charge is 2.05. The Morgan fingerprint density at radius 2 is 2.00 bits per heavy atom. The largest absolute Gasteiger partial charge is 0.325 e. The number of anilines is 1. The van der Waals surface area contributed by atoms with E-state index in [2.05, 4.69) is 27.2 Å². The number of rotatable bonds is 3. The fourth-order valence-electron chi connectivity index (χ4n) is 1.82. The summed E-state index contributed by atoms with van der Waals surface area (Å²) in [6.07, 6.45) is 5.50. The highest BCUT2D eigenvalue weighted by Crippen LogP contribution is 2.25. The number of hydrogen-bond acceptors (Lipinski definition) is 1. The van der Waals surface area contributed by atoms with E-state index in [1.807, 2.05) is 48.5 Å². The maximum absolute atomic E-state index is 11.4. The van der Waals surface area contributed by atoms with Crippen molar-refractivity contribution in [1.29, 1.82) is 0 Å². The molecule has 2 nitrogen and oxygen atoms in total. The smallest absolute Gasteiger partial charge is 0.235 e. The van der Waals surface area contributed by atoms with Crippen molar-refractivity contribution in [2.75, 3.05) is 10.6 Å². The van der Waals surface area contributed by atoms with Crippen LogP contribution in [0.5, 0.6) is 0 Å². The lowest BCUT2D eigenvalue weighted by molar-refractivity contribution is -0.113. The standard InChI is InChI=1S/C16H12BrNO/c1-2-12-6-3-4-9-15(12)13-7-5-8-14(10-13)18-16(19)11-17/h1,3-10H,11H2,(H,18,19). The lowest BCUT2D eigenvalue weighted by atomic mass is 10.00. The molecule has 0 atom stereocenters. The zero-order valence-corrected chi connectivity index (χ0v) is 11.8. The van der Waals surface area contributed by atoms with Crippen LogP contribution in [-0.4, -0.2) is 11.2 Å². The van der Waals surface area contributed by atoms with Gasteiger partial charge in [-0.2, -0.15) is 0 Å². The minimum Gasteiger partial charge on any atom is -0.325 e. The van der Waals surface area contributed by atoms with Gasteiger partial charge in [0.2, 0.25) is 5.91 Å².